The van der Waals surface area contributed by atoms with Gasteiger partial charge < -0.3 is 0 Å². The summed E-state index contributed by atoms with van der Waals surface area (Å²) in [5, 5.41) is 0. The van der Waals surface area contributed by atoms with Crippen LogP contribution < -0.4 is 0 Å². The quantitative estimate of drug-likeness (QED) is 0.646. The molecule has 0 amide bonds. The number of rotatable bonds is 6. The second-order valence-corrected chi connectivity index (χ2v) is 7.26. The first kappa shape index (κ1) is 13.9. The van der Waals surface area contributed by atoms with E-state index in [1.165, 1.54) is 16.0 Å². The first-order valence-corrected chi connectivity index (χ1v) is 9.51. The van der Waals surface area contributed by atoms with Crippen LogP contribution in [0.3, 0.4) is 0 Å². The van der Waals surface area contributed by atoms with E-state index in [-0.39, 0.29) is 0 Å². The van der Waals surface area contributed by atoms with E-state index >= 15 is 0 Å². The molecule has 2 aromatic rings. The van der Waals surface area contributed by atoms with Crippen molar-refractivity contribution < 1.29 is 0 Å². The molecule has 94 valence electrons. The zero-order valence-electron chi connectivity index (χ0n) is 10.3. The summed E-state index contributed by atoms with van der Waals surface area (Å²) in [5.74, 6) is 2.16. The summed E-state index contributed by atoms with van der Waals surface area (Å²) < 4.78 is 0. The van der Waals surface area contributed by atoms with E-state index in [1.54, 1.807) is 10.8 Å². The fourth-order valence-electron chi connectivity index (χ4n) is 1.65. The van der Waals surface area contributed by atoms with Gasteiger partial charge in [-0.1, -0.05) is 70.1 Å². The van der Waals surface area contributed by atoms with Crippen LogP contribution >= 0.6 is 33.3 Å². The smallest absolute Gasteiger partial charge is 0.0223 e. The normalized spacial score (nSPS) is 10.5. The highest BCUT2D eigenvalue weighted by Crippen LogP contribution is 2.33. The van der Waals surface area contributed by atoms with Crippen LogP contribution in [-0.2, 0) is 11.5 Å². The number of hydrogen-bond acceptors (Lipinski definition) is 3. The Morgan fingerprint density at radius 1 is 0.833 bits per heavy atom. The highest BCUT2D eigenvalue weighted by atomic mass is 33.1. The standard InChI is InChI=1S/C15H16S3/c1-16-18-15-10-6-5-9-14(15)12-17-11-13-7-3-2-4-8-13/h2-10H,11-12H2,1H3. The summed E-state index contributed by atoms with van der Waals surface area (Å²) in [6, 6.07) is 19.3. The van der Waals surface area contributed by atoms with E-state index in [9.17, 15) is 0 Å². The van der Waals surface area contributed by atoms with Crippen molar-refractivity contribution in [3.63, 3.8) is 0 Å². The van der Waals surface area contributed by atoms with Gasteiger partial charge in [0.05, 0.1) is 0 Å². The van der Waals surface area contributed by atoms with Crippen molar-refractivity contribution in [1.29, 1.82) is 0 Å². The Bertz CT molecular complexity index is 468. The molecule has 0 unspecified atom stereocenters. The molecule has 0 saturated heterocycles. The van der Waals surface area contributed by atoms with E-state index in [0.29, 0.717) is 0 Å². The van der Waals surface area contributed by atoms with Gasteiger partial charge in [-0.3, -0.25) is 0 Å². The Morgan fingerprint density at radius 2 is 1.56 bits per heavy atom. The molecule has 0 fully saturated rings. The molecule has 0 spiro atoms. The lowest BCUT2D eigenvalue weighted by Gasteiger charge is -2.07. The lowest BCUT2D eigenvalue weighted by Crippen LogP contribution is -1.85. The maximum atomic E-state index is 2.23. The first-order chi connectivity index (χ1) is 8.90. The molecule has 0 aliphatic heterocycles. The largest absolute Gasteiger partial charge is 0.152 e. The van der Waals surface area contributed by atoms with Crippen molar-refractivity contribution >= 4 is 33.3 Å². The molecule has 0 bridgehead atoms. The summed E-state index contributed by atoms with van der Waals surface area (Å²) in [6.07, 6.45) is 2.12. The van der Waals surface area contributed by atoms with Gasteiger partial charge in [0.15, 0.2) is 0 Å². The molecule has 0 N–H and O–H groups in total. The third-order valence-corrected chi connectivity index (χ3v) is 5.35. The van der Waals surface area contributed by atoms with Gasteiger partial charge in [-0.05, 0) is 23.4 Å². The Kier molecular flexibility index (Phi) is 6.05. The van der Waals surface area contributed by atoms with Crippen molar-refractivity contribution in [3.8, 4) is 0 Å². The molecule has 2 rings (SSSR count). The van der Waals surface area contributed by atoms with Crippen molar-refractivity contribution in [3.05, 3.63) is 65.7 Å². The molecule has 0 aromatic heterocycles. The highest BCUT2D eigenvalue weighted by molar-refractivity contribution is 8.76. The molecule has 3 heteroatoms. The molecule has 0 aliphatic rings. The Morgan fingerprint density at radius 3 is 2.33 bits per heavy atom. The number of hydrogen-bond donors (Lipinski definition) is 0. The Balaban J connectivity index is 1.90. The molecule has 0 nitrogen and oxygen atoms in total. The van der Waals surface area contributed by atoms with Crippen LogP contribution in [0.25, 0.3) is 0 Å². The van der Waals surface area contributed by atoms with E-state index in [2.05, 4.69) is 60.9 Å². The van der Waals surface area contributed by atoms with Crippen LogP contribution in [0.2, 0.25) is 0 Å². The van der Waals surface area contributed by atoms with Gasteiger partial charge >= 0.3 is 0 Å². The minimum Gasteiger partial charge on any atom is -0.152 e. The molecule has 0 atom stereocenters. The number of thioether (sulfide) groups is 1. The molecular formula is C15H16S3. The third kappa shape index (κ3) is 4.30. The van der Waals surface area contributed by atoms with Crippen LogP contribution in [0.15, 0.2) is 59.5 Å². The second kappa shape index (κ2) is 7.82. The third-order valence-electron chi connectivity index (χ3n) is 2.51. The van der Waals surface area contributed by atoms with Gasteiger partial charge in [0.25, 0.3) is 0 Å². The van der Waals surface area contributed by atoms with Gasteiger partial charge in [0.1, 0.15) is 0 Å². The maximum absolute atomic E-state index is 2.23. The monoisotopic (exact) mass is 292 g/mol. The summed E-state index contributed by atoms with van der Waals surface area (Å²) in [7, 11) is 3.66. The van der Waals surface area contributed by atoms with Crippen molar-refractivity contribution in [2.24, 2.45) is 0 Å². The number of benzene rings is 2. The van der Waals surface area contributed by atoms with Crippen molar-refractivity contribution in [2.75, 3.05) is 6.26 Å². The topological polar surface area (TPSA) is 0 Å². The molecule has 0 saturated carbocycles. The van der Waals surface area contributed by atoms with Gasteiger partial charge in [0, 0.05) is 16.4 Å². The van der Waals surface area contributed by atoms with Crippen LogP contribution in [0.1, 0.15) is 11.1 Å². The van der Waals surface area contributed by atoms with Gasteiger partial charge in [-0.2, -0.15) is 11.8 Å². The fourth-order valence-corrected chi connectivity index (χ4v) is 4.33. The molecule has 0 heterocycles. The minimum absolute atomic E-state index is 1.08. The minimum atomic E-state index is 1.08. The average molecular weight is 292 g/mol. The molecule has 0 radical (unpaired) electrons. The van der Waals surface area contributed by atoms with Gasteiger partial charge in [-0.15, -0.1) is 0 Å². The predicted octanol–water partition coefficient (Wildman–Crippen LogP) is 5.49. The summed E-state index contributed by atoms with van der Waals surface area (Å²) >= 11 is 1.98. The zero-order valence-corrected chi connectivity index (χ0v) is 12.8. The lowest BCUT2D eigenvalue weighted by atomic mass is 10.2. The van der Waals surface area contributed by atoms with Crippen LogP contribution in [0.5, 0.6) is 0 Å². The predicted molar refractivity (Wildman–Crippen MR) is 87.3 cm³/mol. The van der Waals surface area contributed by atoms with Crippen molar-refractivity contribution in [1.82, 2.24) is 0 Å². The van der Waals surface area contributed by atoms with Crippen LogP contribution in [0.4, 0.5) is 0 Å². The lowest BCUT2D eigenvalue weighted by molar-refractivity contribution is 1.27. The SMILES string of the molecule is CSSc1ccccc1CSCc1ccccc1. The van der Waals surface area contributed by atoms with Crippen LogP contribution in [-0.4, -0.2) is 6.26 Å². The first-order valence-electron chi connectivity index (χ1n) is 5.80. The van der Waals surface area contributed by atoms with Gasteiger partial charge in [0.2, 0.25) is 0 Å². The van der Waals surface area contributed by atoms with E-state index < -0.39 is 0 Å². The zero-order chi connectivity index (χ0) is 12.6. The Hall–Kier alpha value is -0.510. The highest BCUT2D eigenvalue weighted by Gasteiger charge is 2.02. The summed E-state index contributed by atoms with van der Waals surface area (Å²) in [6.45, 7) is 0. The van der Waals surface area contributed by atoms with Crippen LogP contribution in [0, 0.1) is 0 Å². The Labute approximate surface area is 121 Å². The second-order valence-electron chi connectivity index (χ2n) is 3.84. The molecule has 18 heavy (non-hydrogen) atoms. The molecular weight excluding hydrogens is 276 g/mol. The molecule has 2 aromatic carbocycles. The van der Waals surface area contributed by atoms with Crippen molar-refractivity contribution in [2.45, 2.75) is 16.4 Å². The van der Waals surface area contributed by atoms with E-state index in [0.717, 1.165) is 11.5 Å². The summed E-state index contributed by atoms with van der Waals surface area (Å²) in [5.41, 5.74) is 2.84. The fraction of sp³-hybridized carbons (Fsp3) is 0.200. The average Bonchev–Trinajstić information content (AvgIpc) is 2.42. The van der Waals surface area contributed by atoms with Gasteiger partial charge in [-0.25, -0.2) is 0 Å². The van der Waals surface area contributed by atoms with E-state index in [4.69, 9.17) is 0 Å². The maximum Gasteiger partial charge on any atom is 0.0223 e. The summed E-state index contributed by atoms with van der Waals surface area (Å²) in [4.78, 5) is 1.39. The van der Waals surface area contributed by atoms with E-state index in [1.807, 2.05) is 22.6 Å². The molecule has 0 aliphatic carbocycles.